The van der Waals surface area contributed by atoms with E-state index in [-0.39, 0.29) is 27.2 Å². The van der Waals surface area contributed by atoms with Crippen molar-refractivity contribution in [3.8, 4) is 0 Å². The number of nitrogens with zero attached hydrogens (tertiary/aromatic N) is 5. The second kappa shape index (κ2) is 10.7. The van der Waals surface area contributed by atoms with E-state index in [1.165, 1.54) is 22.7 Å². The number of piperidine rings is 1. The predicted octanol–water partition coefficient (Wildman–Crippen LogP) is 3.73. The van der Waals surface area contributed by atoms with Crippen LogP contribution >= 0.6 is 46.0 Å². The van der Waals surface area contributed by atoms with Crippen LogP contribution in [0, 0.1) is 5.41 Å². The minimum atomic E-state index is -0.193. The fraction of sp³-hybridized carbons (Fsp3) is 0.500. The maximum atomic E-state index is 13.1. The molecule has 3 atom stereocenters. The van der Waals surface area contributed by atoms with Crippen LogP contribution in [0.4, 0.5) is 5.82 Å². The van der Waals surface area contributed by atoms with Crippen molar-refractivity contribution in [3.05, 3.63) is 46.2 Å². The molecular weight excluding hydrogens is 615 g/mol. The SMILES string of the molecule is COC(C)Cn1cnc2ccc(Sc3cnc(N4CCC5(CC4)CO[C@@H](I)[C@H]5N)cn3)c(Cl)c2c1=O. The first-order valence-corrected chi connectivity index (χ1v) is 14.2. The fourth-order valence-electron chi connectivity index (χ4n) is 4.77. The molecule has 1 aromatic carbocycles. The summed E-state index contributed by atoms with van der Waals surface area (Å²) in [4.78, 5) is 29.7. The van der Waals surface area contributed by atoms with Gasteiger partial charge in [-0.1, -0.05) is 23.4 Å². The number of benzene rings is 1. The van der Waals surface area contributed by atoms with Gasteiger partial charge in [-0.05, 0) is 54.5 Å². The molecule has 1 spiro atoms. The summed E-state index contributed by atoms with van der Waals surface area (Å²) >= 11 is 10.4. The molecule has 0 amide bonds. The lowest BCUT2D eigenvalue weighted by molar-refractivity contribution is 0.102. The van der Waals surface area contributed by atoms with E-state index in [0.29, 0.717) is 27.5 Å². The molecule has 2 aromatic heterocycles. The molecule has 192 valence electrons. The molecule has 0 radical (unpaired) electrons. The van der Waals surface area contributed by atoms with Crippen LogP contribution in [0.3, 0.4) is 0 Å². The number of hydrogen-bond acceptors (Lipinski definition) is 9. The first-order chi connectivity index (χ1) is 17.3. The van der Waals surface area contributed by atoms with Gasteiger partial charge in [-0.25, -0.2) is 15.0 Å². The molecule has 4 heterocycles. The van der Waals surface area contributed by atoms with E-state index in [4.69, 9.17) is 26.8 Å². The number of hydrogen-bond donors (Lipinski definition) is 1. The van der Waals surface area contributed by atoms with E-state index in [2.05, 4.69) is 42.4 Å². The second-order valence-corrected chi connectivity index (χ2v) is 12.0. The topological polar surface area (TPSA) is 108 Å². The molecule has 1 unspecified atom stereocenters. The van der Waals surface area contributed by atoms with Crippen molar-refractivity contribution >= 4 is 62.7 Å². The Morgan fingerprint density at radius 1 is 1.31 bits per heavy atom. The van der Waals surface area contributed by atoms with Crippen molar-refractivity contribution in [1.29, 1.82) is 0 Å². The molecule has 2 fully saturated rings. The average molecular weight is 643 g/mol. The molecule has 2 saturated heterocycles. The second-order valence-electron chi connectivity index (χ2n) is 9.37. The van der Waals surface area contributed by atoms with Gasteiger partial charge in [0.2, 0.25) is 0 Å². The van der Waals surface area contributed by atoms with Gasteiger partial charge in [0.05, 0.1) is 53.9 Å². The van der Waals surface area contributed by atoms with E-state index in [1.807, 2.05) is 13.0 Å². The first kappa shape index (κ1) is 26.1. The zero-order valence-electron chi connectivity index (χ0n) is 20.1. The summed E-state index contributed by atoms with van der Waals surface area (Å²) < 4.78 is 12.7. The Morgan fingerprint density at radius 3 is 2.72 bits per heavy atom. The Morgan fingerprint density at radius 2 is 2.08 bits per heavy atom. The number of halogens is 2. The summed E-state index contributed by atoms with van der Waals surface area (Å²) in [6, 6.07) is 3.73. The van der Waals surface area contributed by atoms with Gasteiger partial charge in [-0.3, -0.25) is 9.36 Å². The molecule has 12 heteroatoms. The summed E-state index contributed by atoms with van der Waals surface area (Å²) in [5.41, 5.74) is 6.86. The number of alkyl halides is 1. The van der Waals surface area contributed by atoms with Gasteiger partial charge in [0.15, 0.2) is 0 Å². The Kier molecular flexibility index (Phi) is 7.76. The van der Waals surface area contributed by atoms with Crippen LogP contribution in [-0.2, 0) is 16.0 Å². The van der Waals surface area contributed by atoms with Crippen LogP contribution in [0.2, 0.25) is 5.02 Å². The van der Waals surface area contributed by atoms with Gasteiger partial charge in [-0.2, -0.15) is 0 Å². The Balaban J connectivity index is 1.30. The highest BCUT2D eigenvalue weighted by molar-refractivity contribution is 14.1. The Hall–Kier alpha value is -1.51. The quantitative estimate of drug-likeness (QED) is 0.318. The third-order valence-electron chi connectivity index (χ3n) is 7.18. The van der Waals surface area contributed by atoms with Crippen LogP contribution in [0.25, 0.3) is 10.9 Å². The maximum absolute atomic E-state index is 13.1. The van der Waals surface area contributed by atoms with Crippen LogP contribution in [0.5, 0.6) is 0 Å². The van der Waals surface area contributed by atoms with Crippen LogP contribution in [0.1, 0.15) is 19.8 Å². The highest BCUT2D eigenvalue weighted by Crippen LogP contribution is 2.43. The molecule has 0 saturated carbocycles. The molecule has 36 heavy (non-hydrogen) atoms. The van der Waals surface area contributed by atoms with Crippen LogP contribution in [0.15, 0.2) is 45.6 Å². The zero-order chi connectivity index (χ0) is 25.4. The van der Waals surface area contributed by atoms with Gasteiger partial charge in [-0.15, -0.1) is 0 Å². The summed E-state index contributed by atoms with van der Waals surface area (Å²) in [6.45, 7) is 4.77. The molecule has 0 bridgehead atoms. The number of rotatable bonds is 6. The number of fused-ring (bicyclic) bond motifs is 1. The van der Waals surface area contributed by atoms with E-state index in [9.17, 15) is 4.79 Å². The molecule has 0 aliphatic carbocycles. The molecule has 2 aliphatic heterocycles. The Labute approximate surface area is 232 Å². The predicted molar refractivity (Wildman–Crippen MR) is 149 cm³/mol. The van der Waals surface area contributed by atoms with Crippen LogP contribution < -0.4 is 16.2 Å². The number of methoxy groups -OCH3 is 1. The van der Waals surface area contributed by atoms with Crippen molar-refractivity contribution in [3.63, 3.8) is 0 Å². The summed E-state index contributed by atoms with van der Waals surface area (Å²) in [5.74, 6) is 0.844. The van der Waals surface area contributed by atoms with Gasteiger partial charge in [0.1, 0.15) is 15.0 Å². The molecule has 3 aromatic rings. The minimum absolute atomic E-state index is 0.0629. The molecule has 2 N–H and O–H groups in total. The highest BCUT2D eigenvalue weighted by atomic mass is 127. The van der Waals surface area contributed by atoms with Gasteiger partial charge >= 0.3 is 0 Å². The molecule has 5 rings (SSSR count). The lowest BCUT2D eigenvalue weighted by Crippen LogP contribution is -2.50. The number of nitrogens with two attached hydrogens (primary N) is 1. The van der Waals surface area contributed by atoms with E-state index >= 15 is 0 Å². The average Bonchev–Trinajstić information content (AvgIpc) is 3.16. The van der Waals surface area contributed by atoms with Crippen molar-refractivity contribution in [2.24, 2.45) is 11.1 Å². The van der Waals surface area contributed by atoms with E-state index in [0.717, 1.165) is 43.3 Å². The number of anilines is 1. The smallest absolute Gasteiger partial charge is 0.262 e. The third-order valence-corrected chi connectivity index (χ3v) is 9.80. The fourth-order valence-corrected chi connectivity index (χ4v) is 6.83. The molecular formula is C24H28ClIN6O3S. The van der Waals surface area contributed by atoms with Crippen LogP contribution in [-0.4, -0.2) is 62.6 Å². The normalized spacial score (nSPS) is 22.4. The number of ether oxygens (including phenoxy) is 2. The molecule has 2 aliphatic rings. The maximum Gasteiger partial charge on any atom is 0.262 e. The van der Waals surface area contributed by atoms with Crippen molar-refractivity contribution in [1.82, 2.24) is 19.5 Å². The largest absolute Gasteiger partial charge is 0.380 e. The Bertz CT molecular complexity index is 1300. The lowest BCUT2D eigenvalue weighted by Gasteiger charge is -2.41. The van der Waals surface area contributed by atoms with Crippen molar-refractivity contribution in [2.75, 3.05) is 31.7 Å². The number of aromatic nitrogens is 4. The molecule has 9 nitrogen and oxygen atoms in total. The first-order valence-electron chi connectivity index (χ1n) is 11.8. The zero-order valence-corrected chi connectivity index (χ0v) is 23.8. The third kappa shape index (κ3) is 4.97. The standard InChI is InChI=1S/C24H28ClIN6O3S/c1-14(34-2)11-32-13-30-15-3-4-16(20(25)19(15)23(32)33)36-18-10-28-17(9-29-18)31-7-5-24(6-8-31)12-35-22(26)21(24)27/h3-4,9-10,13-14,21-22H,5-8,11-12,27H2,1-2H3/t14?,21-,22-/m1/s1. The monoisotopic (exact) mass is 642 g/mol. The summed E-state index contributed by atoms with van der Waals surface area (Å²) in [5, 5.41) is 1.46. The van der Waals surface area contributed by atoms with Crippen molar-refractivity contribution in [2.45, 2.75) is 52.5 Å². The van der Waals surface area contributed by atoms with Gasteiger partial charge < -0.3 is 20.1 Å². The van der Waals surface area contributed by atoms with Gasteiger partial charge in [0.25, 0.3) is 5.56 Å². The van der Waals surface area contributed by atoms with E-state index < -0.39 is 0 Å². The summed E-state index contributed by atoms with van der Waals surface area (Å²) in [7, 11) is 1.61. The van der Waals surface area contributed by atoms with Gasteiger partial charge in [0, 0.05) is 36.6 Å². The highest BCUT2D eigenvalue weighted by Gasteiger charge is 2.48. The van der Waals surface area contributed by atoms with E-state index in [1.54, 1.807) is 25.6 Å². The summed E-state index contributed by atoms with van der Waals surface area (Å²) in [6.07, 6.45) is 6.91. The van der Waals surface area contributed by atoms with Crippen molar-refractivity contribution < 1.29 is 9.47 Å². The lowest BCUT2D eigenvalue weighted by atomic mass is 9.75. The minimum Gasteiger partial charge on any atom is -0.380 e.